The Kier molecular flexibility index (Phi) is 7.20. The van der Waals surface area contributed by atoms with E-state index in [0.717, 1.165) is 12.1 Å². The van der Waals surface area contributed by atoms with Crippen molar-refractivity contribution in [3.63, 3.8) is 0 Å². The van der Waals surface area contributed by atoms with Crippen LogP contribution in [0.15, 0.2) is 47.4 Å². The molecule has 0 bridgehead atoms. The van der Waals surface area contributed by atoms with Crippen LogP contribution in [0.5, 0.6) is 0 Å². The minimum absolute atomic E-state index is 0.00291. The summed E-state index contributed by atoms with van der Waals surface area (Å²) < 4.78 is 40.5. The van der Waals surface area contributed by atoms with E-state index >= 15 is 0 Å². The highest BCUT2D eigenvalue weighted by Crippen LogP contribution is 2.20. The fraction of sp³-hybridized carbons (Fsp3) is 0.300. The average molecular weight is 488 g/mol. The molecule has 31 heavy (non-hydrogen) atoms. The maximum Gasteiger partial charge on any atom is 0.255 e. The number of amides is 2. The first-order chi connectivity index (χ1) is 14.6. The van der Waals surface area contributed by atoms with Gasteiger partial charge in [-0.3, -0.25) is 9.59 Å². The van der Waals surface area contributed by atoms with Crippen LogP contribution in [-0.4, -0.2) is 62.3 Å². The molecule has 2 amide bonds. The van der Waals surface area contributed by atoms with E-state index in [1.807, 2.05) is 0 Å². The summed E-state index contributed by atoms with van der Waals surface area (Å²) >= 11 is 11.7. The normalized spacial score (nSPS) is 15.6. The number of nitrogens with one attached hydrogen (secondary N) is 1. The molecule has 0 spiro atoms. The first kappa shape index (κ1) is 23.5. The molecule has 1 fully saturated rings. The molecule has 2 aromatic rings. The third-order valence-corrected chi connectivity index (χ3v) is 6.99. The molecule has 0 unspecified atom stereocenters. The summed E-state index contributed by atoms with van der Waals surface area (Å²) in [5, 5.41) is 0.422. The van der Waals surface area contributed by atoms with Gasteiger partial charge in [-0.25, -0.2) is 12.8 Å². The Morgan fingerprint density at radius 1 is 1.00 bits per heavy atom. The van der Waals surface area contributed by atoms with E-state index in [1.54, 1.807) is 0 Å². The SMILES string of the molecule is C[C@H](NS(=O)(=O)c1ccc(Cl)cc1)C(=O)N1CCN(C(=O)c2ccc(F)cc2Cl)CC1. The predicted octanol–water partition coefficient (Wildman–Crippen LogP) is 2.78. The van der Waals surface area contributed by atoms with Crippen molar-refractivity contribution in [3.05, 3.63) is 63.9 Å². The predicted molar refractivity (Wildman–Crippen MR) is 115 cm³/mol. The molecule has 1 heterocycles. The smallest absolute Gasteiger partial charge is 0.255 e. The van der Waals surface area contributed by atoms with Gasteiger partial charge in [0.1, 0.15) is 5.82 Å². The lowest BCUT2D eigenvalue weighted by Crippen LogP contribution is -2.55. The van der Waals surface area contributed by atoms with Gasteiger partial charge in [-0.1, -0.05) is 23.2 Å². The molecule has 1 aliphatic rings. The molecular weight excluding hydrogens is 468 g/mol. The largest absolute Gasteiger partial charge is 0.338 e. The summed E-state index contributed by atoms with van der Waals surface area (Å²) in [6, 6.07) is 8.18. The van der Waals surface area contributed by atoms with Crippen molar-refractivity contribution in [1.29, 1.82) is 0 Å². The van der Waals surface area contributed by atoms with Gasteiger partial charge in [-0.15, -0.1) is 0 Å². The van der Waals surface area contributed by atoms with E-state index in [2.05, 4.69) is 4.72 Å². The maximum absolute atomic E-state index is 13.2. The van der Waals surface area contributed by atoms with Crippen LogP contribution in [0, 0.1) is 5.82 Å². The lowest BCUT2D eigenvalue weighted by molar-refractivity contribution is -0.134. The molecule has 1 atom stereocenters. The molecule has 0 radical (unpaired) electrons. The zero-order chi connectivity index (χ0) is 22.8. The van der Waals surface area contributed by atoms with Gasteiger partial charge in [0.2, 0.25) is 15.9 Å². The van der Waals surface area contributed by atoms with Crippen LogP contribution in [-0.2, 0) is 14.8 Å². The first-order valence-corrected chi connectivity index (χ1v) is 11.6. The lowest BCUT2D eigenvalue weighted by Gasteiger charge is -2.36. The maximum atomic E-state index is 13.2. The van der Waals surface area contributed by atoms with Crippen molar-refractivity contribution in [2.24, 2.45) is 0 Å². The second-order valence-electron chi connectivity index (χ2n) is 7.04. The number of sulfonamides is 1. The topological polar surface area (TPSA) is 86.8 Å². The number of rotatable bonds is 5. The van der Waals surface area contributed by atoms with Crippen molar-refractivity contribution in [2.45, 2.75) is 17.9 Å². The molecule has 0 aromatic heterocycles. The van der Waals surface area contributed by atoms with Crippen molar-refractivity contribution in [3.8, 4) is 0 Å². The Hall–Kier alpha value is -2.20. The monoisotopic (exact) mass is 487 g/mol. The lowest BCUT2D eigenvalue weighted by atomic mass is 10.1. The summed E-state index contributed by atoms with van der Waals surface area (Å²) in [6.45, 7) is 2.42. The van der Waals surface area contributed by atoms with Gasteiger partial charge >= 0.3 is 0 Å². The highest BCUT2D eigenvalue weighted by molar-refractivity contribution is 7.89. The molecule has 1 N–H and O–H groups in total. The number of nitrogens with zero attached hydrogens (tertiary/aromatic N) is 2. The summed E-state index contributed by atoms with van der Waals surface area (Å²) in [4.78, 5) is 28.3. The van der Waals surface area contributed by atoms with Gasteiger partial charge in [0.05, 0.1) is 21.5 Å². The fourth-order valence-corrected chi connectivity index (χ4v) is 4.77. The van der Waals surface area contributed by atoms with Crippen molar-refractivity contribution in [2.75, 3.05) is 26.2 Å². The third kappa shape index (κ3) is 5.54. The van der Waals surface area contributed by atoms with E-state index in [4.69, 9.17) is 23.2 Å². The highest BCUT2D eigenvalue weighted by atomic mass is 35.5. The minimum Gasteiger partial charge on any atom is -0.338 e. The van der Waals surface area contributed by atoms with Gasteiger partial charge in [0, 0.05) is 31.2 Å². The van der Waals surface area contributed by atoms with Crippen LogP contribution in [0.25, 0.3) is 0 Å². The number of piperazine rings is 1. The molecule has 166 valence electrons. The van der Waals surface area contributed by atoms with E-state index < -0.39 is 27.8 Å². The van der Waals surface area contributed by atoms with Crippen molar-refractivity contribution < 1.29 is 22.4 Å². The highest BCUT2D eigenvalue weighted by Gasteiger charge is 2.30. The number of hydrogen-bond donors (Lipinski definition) is 1. The van der Waals surface area contributed by atoms with Gasteiger partial charge < -0.3 is 9.80 Å². The van der Waals surface area contributed by atoms with Crippen LogP contribution in [0.3, 0.4) is 0 Å². The van der Waals surface area contributed by atoms with Crippen LogP contribution in [0.4, 0.5) is 4.39 Å². The second-order valence-corrected chi connectivity index (χ2v) is 9.60. The van der Waals surface area contributed by atoms with E-state index in [9.17, 15) is 22.4 Å². The zero-order valence-electron chi connectivity index (χ0n) is 16.5. The molecule has 3 rings (SSSR count). The Morgan fingerprint density at radius 3 is 2.16 bits per heavy atom. The summed E-state index contributed by atoms with van der Waals surface area (Å²) in [5.74, 6) is -1.29. The Balaban J connectivity index is 1.59. The van der Waals surface area contributed by atoms with E-state index in [1.165, 1.54) is 47.1 Å². The molecule has 0 aliphatic carbocycles. The van der Waals surface area contributed by atoms with Gasteiger partial charge in [0.15, 0.2) is 0 Å². The summed E-state index contributed by atoms with van der Waals surface area (Å²) in [5.41, 5.74) is 0.187. The first-order valence-electron chi connectivity index (χ1n) is 9.39. The molecule has 7 nitrogen and oxygen atoms in total. The summed E-state index contributed by atoms with van der Waals surface area (Å²) in [7, 11) is -3.89. The van der Waals surface area contributed by atoms with Crippen LogP contribution >= 0.6 is 23.2 Å². The van der Waals surface area contributed by atoms with Crippen LogP contribution in [0.1, 0.15) is 17.3 Å². The Labute approximate surface area is 189 Å². The number of hydrogen-bond acceptors (Lipinski definition) is 4. The Morgan fingerprint density at radius 2 is 1.58 bits per heavy atom. The van der Waals surface area contributed by atoms with Crippen molar-refractivity contribution in [1.82, 2.24) is 14.5 Å². The van der Waals surface area contributed by atoms with Crippen molar-refractivity contribution >= 4 is 45.0 Å². The quantitative estimate of drug-likeness (QED) is 0.702. The van der Waals surface area contributed by atoms with Gasteiger partial charge in [-0.2, -0.15) is 4.72 Å². The third-order valence-electron chi connectivity index (χ3n) is 4.87. The molecular formula is C20H20Cl2FN3O4S. The standard InChI is InChI=1S/C20H20Cl2FN3O4S/c1-13(24-31(29,30)16-5-2-14(21)3-6-16)19(27)25-8-10-26(11-9-25)20(28)17-7-4-15(23)12-18(17)22/h2-7,12-13,24H,8-11H2,1H3/t13-/m0/s1. The number of halogens is 3. The van der Waals surface area contributed by atoms with E-state index in [-0.39, 0.29) is 47.6 Å². The van der Waals surface area contributed by atoms with Gasteiger partial charge in [0.25, 0.3) is 5.91 Å². The Bertz CT molecular complexity index is 1090. The number of carbonyl (C=O) groups is 2. The zero-order valence-corrected chi connectivity index (χ0v) is 18.8. The average Bonchev–Trinajstić information content (AvgIpc) is 2.73. The second kappa shape index (κ2) is 9.52. The molecule has 11 heteroatoms. The molecule has 0 saturated carbocycles. The number of carbonyl (C=O) groups excluding carboxylic acids is 2. The summed E-state index contributed by atoms with van der Waals surface area (Å²) in [6.07, 6.45) is 0. The number of benzene rings is 2. The molecule has 2 aromatic carbocycles. The molecule has 1 saturated heterocycles. The van der Waals surface area contributed by atoms with Crippen LogP contribution in [0.2, 0.25) is 10.0 Å². The van der Waals surface area contributed by atoms with Gasteiger partial charge in [-0.05, 0) is 49.4 Å². The van der Waals surface area contributed by atoms with Crippen LogP contribution < -0.4 is 4.72 Å². The van der Waals surface area contributed by atoms with E-state index in [0.29, 0.717) is 5.02 Å². The fourth-order valence-electron chi connectivity index (χ4n) is 3.20. The molecule has 1 aliphatic heterocycles. The minimum atomic E-state index is -3.89.